The van der Waals surface area contributed by atoms with Gasteiger partial charge in [-0.2, -0.15) is 18.2 Å². The minimum absolute atomic E-state index is 0.0777. The Morgan fingerprint density at radius 1 is 1.15 bits per heavy atom. The van der Waals surface area contributed by atoms with Crippen LogP contribution in [0, 0.1) is 6.92 Å². The SMILES string of the molecule is Cc1nn(C(F)F)cc1S(=O)(=O)N1CCN(Cc2ccc(Cl)cc2)CC1. The number of piperazine rings is 1. The van der Waals surface area contributed by atoms with Crippen molar-refractivity contribution in [2.75, 3.05) is 26.2 Å². The van der Waals surface area contributed by atoms with Crippen molar-refractivity contribution in [1.82, 2.24) is 19.0 Å². The topological polar surface area (TPSA) is 58.4 Å². The maximum absolute atomic E-state index is 12.8. The highest BCUT2D eigenvalue weighted by atomic mass is 35.5. The number of alkyl halides is 2. The third-order valence-corrected chi connectivity index (χ3v) is 6.59. The van der Waals surface area contributed by atoms with E-state index in [0.717, 1.165) is 11.8 Å². The van der Waals surface area contributed by atoms with Crippen LogP contribution in [0.15, 0.2) is 35.4 Å². The average molecular weight is 405 g/mol. The molecule has 0 spiro atoms. The van der Waals surface area contributed by atoms with Crippen LogP contribution in [-0.2, 0) is 16.6 Å². The van der Waals surface area contributed by atoms with Gasteiger partial charge in [-0.3, -0.25) is 4.90 Å². The van der Waals surface area contributed by atoms with Gasteiger partial charge in [-0.1, -0.05) is 23.7 Å². The van der Waals surface area contributed by atoms with Gasteiger partial charge in [0.15, 0.2) is 0 Å². The first-order valence-corrected chi connectivity index (χ1v) is 9.90. The van der Waals surface area contributed by atoms with Gasteiger partial charge in [0.05, 0.1) is 11.9 Å². The number of benzene rings is 1. The van der Waals surface area contributed by atoms with E-state index in [1.54, 1.807) is 0 Å². The molecule has 2 aromatic rings. The van der Waals surface area contributed by atoms with Gasteiger partial charge in [0.2, 0.25) is 10.0 Å². The van der Waals surface area contributed by atoms with Gasteiger partial charge < -0.3 is 0 Å². The summed E-state index contributed by atoms with van der Waals surface area (Å²) in [5, 5.41) is 4.26. The number of aryl methyl sites for hydroxylation is 1. The van der Waals surface area contributed by atoms with Crippen LogP contribution in [0.25, 0.3) is 0 Å². The van der Waals surface area contributed by atoms with E-state index in [0.29, 0.717) is 42.4 Å². The van der Waals surface area contributed by atoms with Crippen LogP contribution in [0.3, 0.4) is 0 Å². The molecule has 0 atom stereocenters. The van der Waals surface area contributed by atoms with Crippen molar-refractivity contribution in [1.29, 1.82) is 0 Å². The predicted octanol–water partition coefficient (Wildman–Crippen LogP) is 2.75. The van der Waals surface area contributed by atoms with E-state index in [1.165, 1.54) is 11.2 Å². The summed E-state index contributed by atoms with van der Waals surface area (Å²) >= 11 is 5.88. The van der Waals surface area contributed by atoms with Crippen LogP contribution in [0.4, 0.5) is 8.78 Å². The summed E-state index contributed by atoms with van der Waals surface area (Å²) in [5.74, 6) is 0. The van der Waals surface area contributed by atoms with Gasteiger partial charge in [-0.05, 0) is 24.6 Å². The molecule has 1 aromatic carbocycles. The highest BCUT2D eigenvalue weighted by Crippen LogP contribution is 2.23. The van der Waals surface area contributed by atoms with E-state index in [-0.39, 0.29) is 10.6 Å². The normalized spacial score (nSPS) is 17.1. The Bertz CT molecular complexity index is 863. The minimum atomic E-state index is -3.83. The number of sulfonamides is 1. The lowest BCUT2D eigenvalue weighted by molar-refractivity contribution is 0.0561. The Kier molecular flexibility index (Phi) is 5.61. The van der Waals surface area contributed by atoms with Gasteiger partial charge in [0, 0.05) is 37.7 Å². The second-order valence-corrected chi connectivity index (χ2v) is 8.49. The summed E-state index contributed by atoms with van der Waals surface area (Å²) in [5.41, 5.74) is 1.17. The quantitative estimate of drug-likeness (QED) is 0.768. The van der Waals surface area contributed by atoms with Crippen LogP contribution in [0.2, 0.25) is 5.02 Å². The molecule has 26 heavy (non-hydrogen) atoms. The van der Waals surface area contributed by atoms with Crippen molar-refractivity contribution in [2.24, 2.45) is 0 Å². The molecule has 1 aromatic heterocycles. The monoisotopic (exact) mass is 404 g/mol. The van der Waals surface area contributed by atoms with Crippen molar-refractivity contribution >= 4 is 21.6 Å². The second kappa shape index (κ2) is 7.59. The van der Waals surface area contributed by atoms with Crippen LogP contribution in [0.1, 0.15) is 17.8 Å². The Morgan fingerprint density at radius 2 is 1.77 bits per heavy atom. The molecule has 0 amide bonds. The van der Waals surface area contributed by atoms with E-state index in [4.69, 9.17) is 11.6 Å². The number of hydrogen-bond acceptors (Lipinski definition) is 4. The zero-order chi connectivity index (χ0) is 18.9. The highest BCUT2D eigenvalue weighted by molar-refractivity contribution is 7.89. The third-order valence-electron chi connectivity index (χ3n) is 4.34. The summed E-state index contributed by atoms with van der Waals surface area (Å²) < 4.78 is 52.7. The van der Waals surface area contributed by atoms with Crippen LogP contribution < -0.4 is 0 Å². The average Bonchev–Trinajstić information content (AvgIpc) is 3.00. The fourth-order valence-corrected chi connectivity index (χ4v) is 4.64. The molecule has 1 saturated heterocycles. The smallest absolute Gasteiger partial charge is 0.296 e. The number of hydrogen-bond donors (Lipinski definition) is 0. The second-order valence-electron chi connectivity index (χ2n) is 6.14. The van der Waals surface area contributed by atoms with Crippen molar-refractivity contribution in [3.63, 3.8) is 0 Å². The molecule has 0 bridgehead atoms. The molecule has 1 aliphatic heterocycles. The van der Waals surface area contributed by atoms with Gasteiger partial charge >= 0.3 is 6.55 Å². The summed E-state index contributed by atoms with van der Waals surface area (Å²) in [6.45, 7) is 0.975. The number of aromatic nitrogens is 2. The Morgan fingerprint density at radius 3 is 2.31 bits per heavy atom. The lowest BCUT2D eigenvalue weighted by Crippen LogP contribution is -2.48. The fraction of sp³-hybridized carbons (Fsp3) is 0.438. The largest absolute Gasteiger partial charge is 0.333 e. The molecule has 1 fully saturated rings. The third kappa shape index (κ3) is 4.06. The minimum Gasteiger partial charge on any atom is -0.296 e. The fourth-order valence-electron chi connectivity index (χ4n) is 2.93. The van der Waals surface area contributed by atoms with Gasteiger partial charge in [0.25, 0.3) is 0 Å². The molecule has 142 valence electrons. The molecule has 2 heterocycles. The maximum Gasteiger partial charge on any atom is 0.333 e. The van der Waals surface area contributed by atoms with Gasteiger partial charge in [-0.15, -0.1) is 0 Å². The zero-order valence-corrected chi connectivity index (χ0v) is 15.7. The van der Waals surface area contributed by atoms with Crippen molar-refractivity contribution in [2.45, 2.75) is 24.9 Å². The van der Waals surface area contributed by atoms with Gasteiger partial charge in [-0.25, -0.2) is 13.1 Å². The van der Waals surface area contributed by atoms with E-state index in [1.807, 2.05) is 24.3 Å². The number of halogens is 3. The zero-order valence-electron chi connectivity index (χ0n) is 14.1. The predicted molar refractivity (Wildman–Crippen MR) is 93.7 cm³/mol. The van der Waals surface area contributed by atoms with Crippen LogP contribution in [-0.4, -0.2) is 53.6 Å². The molecule has 0 N–H and O–H groups in total. The van der Waals surface area contributed by atoms with E-state index in [9.17, 15) is 17.2 Å². The standard InChI is InChI=1S/C16H19ClF2N4O2S/c1-12-15(11-23(20-12)16(18)19)26(24,25)22-8-6-21(7-9-22)10-13-2-4-14(17)5-3-13/h2-5,11,16H,6-10H2,1H3. The van der Waals surface area contributed by atoms with E-state index >= 15 is 0 Å². The lowest BCUT2D eigenvalue weighted by atomic mass is 10.2. The van der Waals surface area contributed by atoms with Crippen molar-refractivity contribution in [3.8, 4) is 0 Å². The number of rotatable bonds is 5. The van der Waals surface area contributed by atoms with E-state index < -0.39 is 16.6 Å². The molecular weight excluding hydrogens is 386 g/mol. The number of nitrogens with zero attached hydrogens (tertiary/aromatic N) is 4. The van der Waals surface area contributed by atoms with Crippen molar-refractivity contribution < 1.29 is 17.2 Å². The van der Waals surface area contributed by atoms with E-state index in [2.05, 4.69) is 10.00 Å². The first-order chi connectivity index (χ1) is 12.3. The molecule has 6 nitrogen and oxygen atoms in total. The molecule has 0 unspecified atom stereocenters. The first-order valence-electron chi connectivity index (χ1n) is 8.08. The highest BCUT2D eigenvalue weighted by Gasteiger charge is 2.31. The Labute approximate surface area is 156 Å². The summed E-state index contributed by atoms with van der Waals surface area (Å²) in [7, 11) is -3.83. The molecule has 0 radical (unpaired) electrons. The van der Waals surface area contributed by atoms with Crippen LogP contribution >= 0.6 is 11.6 Å². The Balaban J connectivity index is 1.66. The summed E-state index contributed by atoms with van der Waals surface area (Å²) in [6, 6.07) is 7.52. The molecular formula is C16H19ClF2N4O2S. The van der Waals surface area contributed by atoms with Crippen LogP contribution in [0.5, 0.6) is 0 Å². The molecule has 10 heteroatoms. The van der Waals surface area contributed by atoms with Gasteiger partial charge in [0.1, 0.15) is 4.90 Å². The summed E-state index contributed by atoms with van der Waals surface area (Å²) in [6.07, 6.45) is 0.898. The molecule has 0 aliphatic carbocycles. The first kappa shape index (κ1) is 19.2. The maximum atomic E-state index is 12.8. The molecule has 3 rings (SSSR count). The lowest BCUT2D eigenvalue weighted by Gasteiger charge is -2.33. The van der Waals surface area contributed by atoms with Crippen molar-refractivity contribution in [3.05, 3.63) is 46.7 Å². The summed E-state index contributed by atoms with van der Waals surface area (Å²) in [4.78, 5) is 1.98. The molecule has 1 aliphatic rings. The Hall–Kier alpha value is -1.55. The molecule has 0 saturated carbocycles.